The minimum atomic E-state index is -0.793. The van der Waals surface area contributed by atoms with Gasteiger partial charge < -0.3 is 10.2 Å². The van der Waals surface area contributed by atoms with Crippen molar-refractivity contribution in [1.82, 2.24) is 0 Å². The third-order valence-corrected chi connectivity index (χ3v) is 2.02. The molecular weight excluding hydrogens is 164 g/mol. The van der Waals surface area contributed by atoms with Gasteiger partial charge in [-0.25, -0.2) is 0 Å². The highest BCUT2D eigenvalue weighted by Crippen LogP contribution is 2.29. The SMILES string of the molecule is C=CC(O)c1cc(C)cc(C)c1O. The molecule has 1 aromatic carbocycles. The predicted molar refractivity (Wildman–Crippen MR) is 52.7 cm³/mol. The molecule has 0 heterocycles. The van der Waals surface area contributed by atoms with Crippen LogP contribution in [0, 0.1) is 13.8 Å². The van der Waals surface area contributed by atoms with Crippen molar-refractivity contribution in [2.24, 2.45) is 0 Å². The van der Waals surface area contributed by atoms with Crippen LogP contribution in [-0.4, -0.2) is 10.2 Å². The summed E-state index contributed by atoms with van der Waals surface area (Å²) in [5, 5.41) is 19.1. The monoisotopic (exact) mass is 178 g/mol. The van der Waals surface area contributed by atoms with Gasteiger partial charge in [0.15, 0.2) is 0 Å². The molecule has 1 atom stereocenters. The van der Waals surface area contributed by atoms with E-state index in [0.717, 1.165) is 11.1 Å². The van der Waals surface area contributed by atoms with Crippen LogP contribution in [-0.2, 0) is 0 Å². The van der Waals surface area contributed by atoms with Crippen molar-refractivity contribution in [1.29, 1.82) is 0 Å². The van der Waals surface area contributed by atoms with Crippen molar-refractivity contribution < 1.29 is 10.2 Å². The van der Waals surface area contributed by atoms with Crippen molar-refractivity contribution in [2.75, 3.05) is 0 Å². The molecule has 0 aliphatic rings. The van der Waals surface area contributed by atoms with E-state index in [2.05, 4.69) is 6.58 Å². The quantitative estimate of drug-likeness (QED) is 0.682. The second-order valence-electron chi connectivity index (χ2n) is 3.20. The average molecular weight is 178 g/mol. The van der Waals surface area contributed by atoms with E-state index in [1.54, 1.807) is 6.07 Å². The normalized spacial score (nSPS) is 12.5. The van der Waals surface area contributed by atoms with E-state index in [-0.39, 0.29) is 5.75 Å². The van der Waals surface area contributed by atoms with Crippen molar-refractivity contribution in [3.05, 3.63) is 41.5 Å². The molecule has 70 valence electrons. The summed E-state index contributed by atoms with van der Waals surface area (Å²) in [4.78, 5) is 0. The molecule has 2 N–H and O–H groups in total. The molecule has 2 heteroatoms. The Morgan fingerprint density at radius 1 is 1.38 bits per heavy atom. The van der Waals surface area contributed by atoms with Crippen LogP contribution < -0.4 is 0 Å². The van der Waals surface area contributed by atoms with Crippen molar-refractivity contribution in [2.45, 2.75) is 20.0 Å². The summed E-state index contributed by atoms with van der Waals surface area (Å²) in [7, 11) is 0. The van der Waals surface area contributed by atoms with E-state index in [1.165, 1.54) is 6.08 Å². The number of phenolic OH excluding ortho intramolecular Hbond substituents is 1. The Kier molecular flexibility index (Phi) is 2.73. The fourth-order valence-corrected chi connectivity index (χ4v) is 1.35. The molecule has 0 aliphatic carbocycles. The van der Waals surface area contributed by atoms with E-state index in [0.29, 0.717) is 5.56 Å². The summed E-state index contributed by atoms with van der Waals surface area (Å²) in [5.41, 5.74) is 2.31. The Balaban J connectivity index is 3.27. The number of aliphatic hydroxyl groups excluding tert-OH is 1. The van der Waals surface area contributed by atoms with Gasteiger partial charge in [0.25, 0.3) is 0 Å². The molecule has 1 unspecified atom stereocenters. The second kappa shape index (κ2) is 3.62. The Bertz CT molecular complexity index is 329. The van der Waals surface area contributed by atoms with Gasteiger partial charge >= 0.3 is 0 Å². The molecule has 0 aromatic heterocycles. The highest BCUT2D eigenvalue weighted by Gasteiger charge is 2.10. The van der Waals surface area contributed by atoms with Crippen molar-refractivity contribution in [3.63, 3.8) is 0 Å². The van der Waals surface area contributed by atoms with Crippen molar-refractivity contribution in [3.8, 4) is 5.75 Å². The Hall–Kier alpha value is -1.28. The largest absolute Gasteiger partial charge is 0.507 e. The highest BCUT2D eigenvalue weighted by molar-refractivity contribution is 5.44. The van der Waals surface area contributed by atoms with Crippen LogP contribution in [0.25, 0.3) is 0 Å². The standard InChI is InChI=1S/C11H14O2/c1-4-10(12)9-6-7(2)5-8(3)11(9)13/h4-6,10,12-13H,1H2,2-3H3. The zero-order chi connectivity index (χ0) is 10.0. The van der Waals surface area contributed by atoms with Crippen LogP contribution in [0.3, 0.4) is 0 Å². The molecule has 0 amide bonds. The number of aliphatic hydroxyl groups is 1. The zero-order valence-corrected chi connectivity index (χ0v) is 7.91. The topological polar surface area (TPSA) is 40.5 Å². The number of benzene rings is 1. The number of aromatic hydroxyl groups is 1. The van der Waals surface area contributed by atoms with Crippen LogP contribution in [0.5, 0.6) is 5.75 Å². The number of hydrogen-bond acceptors (Lipinski definition) is 2. The second-order valence-corrected chi connectivity index (χ2v) is 3.20. The molecular formula is C11H14O2. The highest BCUT2D eigenvalue weighted by atomic mass is 16.3. The lowest BCUT2D eigenvalue weighted by molar-refractivity contribution is 0.224. The van der Waals surface area contributed by atoms with Gasteiger partial charge in [-0.15, -0.1) is 6.58 Å². The minimum Gasteiger partial charge on any atom is -0.507 e. The number of aryl methyl sites for hydroxylation is 2. The van der Waals surface area contributed by atoms with Crippen LogP contribution in [0.2, 0.25) is 0 Å². The first-order valence-electron chi connectivity index (χ1n) is 4.17. The molecule has 1 rings (SSSR count). The first-order valence-corrected chi connectivity index (χ1v) is 4.17. The smallest absolute Gasteiger partial charge is 0.124 e. The van der Waals surface area contributed by atoms with Crippen LogP contribution >= 0.6 is 0 Å². The van der Waals surface area contributed by atoms with Gasteiger partial charge in [-0.1, -0.05) is 17.7 Å². The Morgan fingerprint density at radius 2 is 2.00 bits per heavy atom. The fourth-order valence-electron chi connectivity index (χ4n) is 1.35. The lowest BCUT2D eigenvalue weighted by Gasteiger charge is -2.11. The van der Waals surface area contributed by atoms with Gasteiger partial charge in [-0.05, 0) is 25.5 Å². The number of phenols is 1. The molecule has 2 nitrogen and oxygen atoms in total. The molecule has 0 fully saturated rings. The van der Waals surface area contributed by atoms with Gasteiger partial charge in [0.1, 0.15) is 11.9 Å². The summed E-state index contributed by atoms with van der Waals surface area (Å²) in [6, 6.07) is 3.63. The first-order chi connectivity index (χ1) is 6.06. The maximum Gasteiger partial charge on any atom is 0.124 e. The molecule has 13 heavy (non-hydrogen) atoms. The minimum absolute atomic E-state index is 0.151. The van der Waals surface area contributed by atoms with Crippen LogP contribution in [0.4, 0.5) is 0 Å². The van der Waals surface area contributed by atoms with E-state index < -0.39 is 6.10 Å². The van der Waals surface area contributed by atoms with E-state index in [4.69, 9.17) is 0 Å². The van der Waals surface area contributed by atoms with Gasteiger partial charge in [0, 0.05) is 5.56 Å². The Labute approximate surface area is 78.2 Å². The van der Waals surface area contributed by atoms with E-state index in [1.807, 2.05) is 19.9 Å². The number of hydrogen-bond donors (Lipinski definition) is 2. The number of rotatable bonds is 2. The van der Waals surface area contributed by atoms with Gasteiger partial charge in [0.05, 0.1) is 0 Å². The van der Waals surface area contributed by atoms with E-state index >= 15 is 0 Å². The lowest BCUT2D eigenvalue weighted by atomic mass is 10.0. The third-order valence-electron chi connectivity index (χ3n) is 2.02. The molecule has 0 radical (unpaired) electrons. The fraction of sp³-hybridized carbons (Fsp3) is 0.273. The Morgan fingerprint density at radius 3 is 2.54 bits per heavy atom. The maximum atomic E-state index is 9.62. The maximum absolute atomic E-state index is 9.62. The molecule has 0 bridgehead atoms. The van der Waals surface area contributed by atoms with E-state index in [9.17, 15) is 10.2 Å². The first kappa shape index (κ1) is 9.81. The van der Waals surface area contributed by atoms with Gasteiger partial charge in [-0.2, -0.15) is 0 Å². The van der Waals surface area contributed by atoms with Gasteiger partial charge in [0.2, 0.25) is 0 Å². The molecule has 0 spiro atoms. The average Bonchev–Trinajstić information content (AvgIpc) is 2.10. The zero-order valence-electron chi connectivity index (χ0n) is 7.91. The molecule has 0 saturated carbocycles. The summed E-state index contributed by atoms with van der Waals surface area (Å²) in [5.74, 6) is 0.151. The molecule has 0 saturated heterocycles. The summed E-state index contributed by atoms with van der Waals surface area (Å²) in [6.07, 6.45) is 0.604. The molecule has 0 aliphatic heterocycles. The summed E-state index contributed by atoms with van der Waals surface area (Å²) in [6.45, 7) is 7.21. The third kappa shape index (κ3) is 1.90. The van der Waals surface area contributed by atoms with Crippen LogP contribution in [0.15, 0.2) is 24.8 Å². The van der Waals surface area contributed by atoms with Crippen molar-refractivity contribution >= 4 is 0 Å². The molecule has 1 aromatic rings. The predicted octanol–water partition coefficient (Wildman–Crippen LogP) is 2.23. The summed E-state index contributed by atoms with van der Waals surface area (Å²) < 4.78 is 0. The van der Waals surface area contributed by atoms with Gasteiger partial charge in [-0.3, -0.25) is 0 Å². The summed E-state index contributed by atoms with van der Waals surface area (Å²) >= 11 is 0. The van der Waals surface area contributed by atoms with Crippen LogP contribution in [0.1, 0.15) is 22.8 Å². The lowest BCUT2D eigenvalue weighted by Crippen LogP contribution is -1.95.